The van der Waals surface area contributed by atoms with Gasteiger partial charge in [0.15, 0.2) is 0 Å². The maximum atomic E-state index is 13.0. The number of nitrogens with zero attached hydrogens (tertiary/aromatic N) is 3. The van der Waals surface area contributed by atoms with Gasteiger partial charge in [-0.15, -0.1) is 0 Å². The van der Waals surface area contributed by atoms with Gasteiger partial charge in [0.25, 0.3) is 0 Å². The highest BCUT2D eigenvalue weighted by atomic mass is 19.4. The summed E-state index contributed by atoms with van der Waals surface area (Å²) in [7, 11) is 0. The topological polar surface area (TPSA) is 91.8 Å². The first-order valence-corrected chi connectivity index (χ1v) is 10.8. The lowest BCUT2D eigenvalue weighted by molar-refractivity contribution is -0.141. The van der Waals surface area contributed by atoms with E-state index < -0.39 is 17.8 Å². The molecule has 0 fully saturated rings. The molecule has 5 aromatic rings. The van der Waals surface area contributed by atoms with Crippen LogP contribution in [0.15, 0.2) is 91.0 Å². The zero-order valence-corrected chi connectivity index (χ0v) is 18.5. The summed E-state index contributed by atoms with van der Waals surface area (Å²) in [6, 6.07) is 25.7. The number of benzene rings is 2. The number of nitrogens with one attached hydrogen (secondary N) is 1. The Balaban J connectivity index is 1.61. The summed E-state index contributed by atoms with van der Waals surface area (Å²) in [5.41, 5.74) is 3.47. The van der Waals surface area contributed by atoms with Crippen LogP contribution in [0.1, 0.15) is 16.2 Å². The van der Waals surface area contributed by atoms with Crippen LogP contribution in [0.2, 0.25) is 0 Å². The molecule has 0 aliphatic rings. The van der Waals surface area contributed by atoms with Crippen molar-refractivity contribution in [3.63, 3.8) is 0 Å². The summed E-state index contributed by atoms with van der Waals surface area (Å²) in [5, 5.41) is 15.2. The third-order valence-corrected chi connectivity index (χ3v) is 5.56. The molecule has 2 N–H and O–H groups in total. The Kier molecular flexibility index (Phi) is 5.81. The molecule has 36 heavy (non-hydrogen) atoms. The first-order valence-electron chi connectivity index (χ1n) is 10.8. The molecule has 0 aliphatic carbocycles. The van der Waals surface area contributed by atoms with Crippen molar-refractivity contribution < 1.29 is 23.1 Å². The molecular weight excluding hydrogens is 469 g/mol. The molecule has 0 aliphatic heterocycles. The van der Waals surface area contributed by atoms with Gasteiger partial charge in [0.2, 0.25) is 0 Å². The quantitative estimate of drug-likeness (QED) is 0.293. The van der Waals surface area contributed by atoms with Crippen LogP contribution in [0, 0.1) is 0 Å². The second kappa shape index (κ2) is 9.10. The number of pyridine rings is 2. The van der Waals surface area contributed by atoms with Crippen molar-refractivity contribution in [2.75, 3.05) is 0 Å². The highest BCUT2D eigenvalue weighted by Gasteiger charge is 2.33. The molecule has 0 saturated carbocycles. The van der Waals surface area contributed by atoms with Crippen molar-refractivity contribution in [1.82, 2.24) is 20.2 Å². The molecule has 0 radical (unpaired) electrons. The van der Waals surface area contributed by atoms with Gasteiger partial charge in [0.05, 0.1) is 17.1 Å². The van der Waals surface area contributed by atoms with Gasteiger partial charge in [-0.05, 0) is 41.5 Å². The van der Waals surface area contributed by atoms with Crippen LogP contribution < -0.4 is 0 Å². The summed E-state index contributed by atoms with van der Waals surface area (Å²) in [6.07, 6.45) is -4.54. The lowest BCUT2D eigenvalue weighted by Crippen LogP contribution is -2.04. The largest absolute Gasteiger partial charge is 0.477 e. The van der Waals surface area contributed by atoms with E-state index >= 15 is 0 Å². The fraction of sp³-hybridized carbons (Fsp3) is 0.0370. The number of carboxylic acid groups (broad SMARTS) is 1. The van der Waals surface area contributed by atoms with Crippen molar-refractivity contribution in [2.24, 2.45) is 0 Å². The number of rotatable bonds is 5. The van der Waals surface area contributed by atoms with E-state index in [0.717, 1.165) is 28.3 Å². The number of H-pyrrole nitrogens is 1. The molecule has 0 amide bonds. The Morgan fingerprint density at radius 1 is 0.667 bits per heavy atom. The molecule has 0 saturated heterocycles. The molecule has 0 unspecified atom stereocenters. The molecule has 0 atom stereocenters. The van der Waals surface area contributed by atoms with Crippen LogP contribution in [-0.2, 0) is 6.18 Å². The zero-order valence-electron chi connectivity index (χ0n) is 18.5. The van der Waals surface area contributed by atoms with Crippen LogP contribution in [0.4, 0.5) is 13.2 Å². The highest BCUT2D eigenvalue weighted by Crippen LogP contribution is 2.37. The van der Waals surface area contributed by atoms with E-state index in [1.807, 2.05) is 53.6 Å². The SMILES string of the molecule is O=C(O)c1cccc(-c2ccccc2-c2ccccc2-c2cccc(-c3cc(C(F)(F)F)[nH]n3)n2)n1. The standard InChI is InChI=1S/C27H17F3N4O2/c28-27(29,30)25-15-24(33-34-25)22-13-5-11-20(31-22)18-9-3-1-7-16(18)17-8-2-4-10-19(17)21-12-6-14-23(32-21)26(35)36/h1-15H,(H,33,34)(H,35,36). The van der Waals surface area contributed by atoms with E-state index in [9.17, 15) is 23.1 Å². The number of halogens is 3. The number of alkyl halides is 3. The Morgan fingerprint density at radius 2 is 1.19 bits per heavy atom. The molecule has 0 spiro atoms. The van der Waals surface area contributed by atoms with Gasteiger partial charge in [-0.25, -0.2) is 14.8 Å². The molecule has 6 nitrogen and oxygen atoms in total. The van der Waals surface area contributed by atoms with Crippen LogP contribution in [0.5, 0.6) is 0 Å². The van der Waals surface area contributed by atoms with Crippen molar-refractivity contribution in [3.8, 4) is 45.0 Å². The summed E-state index contributed by atoms with van der Waals surface area (Å²) < 4.78 is 39.1. The second-order valence-electron chi connectivity index (χ2n) is 7.88. The van der Waals surface area contributed by atoms with Gasteiger partial charge < -0.3 is 5.11 Å². The monoisotopic (exact) mass is 486 g/mol. The average Bonchev–Trinajstić information content (AvgIpc) is 3.40. The molecule has 2 aromatic carbocycles. The van der Waals surface area contributed by atoms with E-state index in [1.54, 1.807) is 30.3 Å². The highest BCUT2D eigenvalue weighted by molar-refractivity contribution is 5.91. The van der Waals surface area contributed by atoms with Crippen molar-refractivity contribution in [1.29, 1.82) is 0 Å². The third-order valence-electron chi connectivity index (χ3n) is 5.56. The molecular formula is C27H17F3N4O2. The smallest absolute Gasteiger partial charge is 0.432 e. The predicted octanol–water partition coefficient (Wildman–Crippen LogP) is 6.58. The van der Waals surface area contributed by atoms with Crippen molar-refractivity contribution in [3.05, 3.63) is 102 Å². The fourth-order valence-corrected chi connectivity index (χ4v) is 3.91. The molecule has 9 heteroatoms. The third kappa shape index (κ3) is 4.46. The average molecular weight is 486 g/mol. The van der Waals surface area contributed by atoms with Crippen LogP contribution >= 0.6 is 0 Å². The van der Waals surface area contributed by atoms with E-state index in [4.69, 9.17) is 0 Å². The summed E-state index contributed by atoms with van der Waals surface area (Å²) in [4.78, 5) is 20.3. The maximum absolute atomic E-state index is 13.0. The van der Waals surface area contributed by atoms with Crippen LogP contribution in [0.3, 0.4) is 0 Å². The normalized spacial score (nSPS) is 11.4. The number of carboxylic acids is 1. The number of aromatic carboxylic acids is 1. The van der Waals surface area contributed by atoms with E-state index in [-0.39, 0.29) is 17.1 Å². The predicted molar refractivity (Wildman–Crippen MR) is 128 cm³/mol. The van der Waals surface area contributed by atoms with E-state index in [0.29, 0.717) is 11.4 Å². The lowest BCUT2D eigenvalue weighted by Gasteiger charge is -2.14. The summed E-state index contributed by atoms with van der Waals surface area (Å²) >= 11 is 0. The number of aromatic nitrogens is 4. The molecule has 3 aromatic heterocycles. The Hall–Kier alpha value is -4.79. The van der Waals surface area contributed by atoms with E-state index in [2.05, 4.69) is 15.1 Å². The van der Waals surface area contributed by atoms with Crippen LogP contribution in [0.25, 0.3) is 45.0 Å². The van der Waals surface area contributed by atoms with Crippen molar-refractivity contribution in [2.45, 2.75) is 6.18 Å². The van der Waals surface area contributed by atoms with Gasteiger partial charge in [0, 0.05) is 11.1 Å². The molecule has 178 valence electrons. The van der Waals surface area contributed by atoms with Gasteiger partial charge >= 0.3 is 12.1 Å². The fourth-order valence-electron chi connectivity index (χ4n) is 3.91. The van der Waals surface area contributed by atoms with Gasteiger partial charge in [-0.3, -0.25) is 5.10 Å². The van der Waals surface area contributed by atoms with Gasteiger partial charge in [-0.1, -0.05) is 60.7 Å². The molecule has 3 heterocycles. The molecule has 0 bridgehead atoms. The van der Waals surface area contributed by atoms with E-state index in [1.165, 1.54) is 6.07 Å². The summed E-state index contributed by atoms with van der Waals surface area (Å²) in [5.74, 6) is -1.12. The van der Waals surface area contributed by atoms with Gasteiger partial charge in [-0.2, -0.15) is 18.3 Å². The number of aromatic amines is 1. The first-order chi connectivity index (χ1) is 17.3. The minimum Gasteiger partial charge on any atom is -0.477 e. The lowest BCUT2D eigenvalue weighted by atomic mass is 9.92. The molecule has 5 rings (SSSR count). The Morgan fingerprint density at radius 3 is 1.75 bits per heavy atom. The Labute approximate surface area is 203 Å². The number of hydrogen-bond acceptors (Lipinski definition) is 4. The number of hydrogen-bond donors (Lipinski definition) is 2. The minimum absolute atomic E-state index is 0.0674. The second-order valence-corrected chi connectivity index (χ2v) is 7.88. The zero-order chi connectivity index (χ0) is 25.3. The van der Waals surface area contributed by atoms with Gasteiger partial charge in [0.1, 0.15) is 17.1 Å². The summed E-state index contributed by atoms with van der Waals surface area (Å²) in [6.45, 7) is 0. The minimum atomic E-state index is -4.54. The van der Waals surface area contributed by atoms with Crippen LogP contribution in [-0.4, -0.2) is 31.2 Å². The first kappa shape index (κ1) is 23.0. The maximum Gasteiger partial charge on any atom is 0.432 e. The van der Waals surface area contributed by atoms with Crippen molar-refractivity contribution >= 4 is 5.97 Å². The Bertz CT molecular complexity index is 1580. The number of carbonyl (C=O) groups is 1.